The lowest BCUT2D eigenvalue weighted by molar-refractivity contribution is -0.277. The third kappa shape index (κ3) is 4.79. The third-order valence-corrected chi connectivity index (χ3v) is 6.97. The highest BCUT2D eigenvalue weighted by Gasteiger charge is 2.49. The summed E-state index contributed by atoms with van der Waals surface area (Å²) in [6.45, 7) is -2.85. The number of fused-ring (bicyclic) bond motifs is 1. The zero-order chi connectivity index (χ0) is 32.5. The Kier molecular flexibility index (Phi) is 5.99. The van der Waals surface area contributed by atoms with E-state index in [1.165, 1.54) is 19.2 Å². The van der Waals surface area contributed by atoms with Crippen molar-refractivity contribution in [3.8, 4) is 23.0 Å². The van der Waals surface area contributed by atoms with Crippen molar-refractivity contribution in [3.05, 3.63) is 47.5 Å². The van der Waals surface area contributed by atoms with Crippen LogP contribution in [-0.2, 0) is 14.2 Å². The van der Waals surface area contributed by atoms with Gasteiger partial charge in [0, 0.05) is 11.8 Å². The van der Waals surface area contributed by atoms with Crippen LogP contribution in [0.5, 0.6) is 23.0 Å². The first-order valence-electron chi connectivity index (χ1n) is 14.8. The summed E-state index contributed by atoms with van der Waals surface area (Å²) in [6, 6.07) is 9.92. The van der Waals surface area contributed by atoms with Crippen LogP contribution in [0, 0.1) is 11.8 Å². The van der Waals surface area contributed by atoms with Gasteiger partial charge in [-0.15, -0.1) is 0 Å². The number of ether oxygens (including phenoxy) is 7. The van der Waals surface area contributed by atoms with Gasteiger partial charge in [-0.3, -0.25) is 0 Å². The molecule has 2 aromatic rings. The number of benzene rings is 2. The molecule has 5 rings (SSSR count). The maximum absolute atomic E-state index is 10.7. The second-order valence-corrected chi connectivity index (χ2v) is 8.96. The van der Waals surface area contributed by atoms with Gasteiger partial charge in [-0.1, -0.05) is 12.1 Å². The average molecular weight is 541 g/mol. The second kappa shape index (κ2) is 11.2. The molecule has 3 aliphatic rings. The van der Waals surface area contributed by atoms with Crippen LogP contribution in [0.3, 0.4) is 0 Å². The van der Waals surface area contributed by atoms with Crippen molar-refractivity contribution in [2.45, 2.75) is 42.8 Å². The van der Waals surface area contributed by atoms with Crippen LogP contribution >= 0.6 is 0 Å². The molecule has 3 heterocycles. The molecule has 11 heteroatoms. The zero-order valence-electron chi connectivity index (χ0n) is 26.9. The largest absolute Gasteiger partial charge is 0.493 e. The Labute approximate surface area is 228 Å². The van der Waals surface area contributed by atoms with E-state index in [1.807, 2.05) is 12.1 Å². The fourth-order valence-electron chi connectivity index (χ4n) is 5.03. The minimum absolute atomic E-state index is 0.00531. The number of aliphatic hydroxyl groups is 4. The quantitative estimate of drug-likeness (QED) is 0.380. The number of hydrogen-bond donors (Lipinski definition) is 4. The molecule has 3 aliphatic heterocycles. The average Bonchev–Trinajstić information content (AvgIpc) is 3.57. The lowest BCUT2D eigenvalue weighted by Gasteiger charge is -2.39. The summed E-state index contributed by atoms with van der Waals surface area (Å²) < 4.78 is 86.2. The van der Waals surface area contributed by atoms with E-state index < -0.39 is 43.3 Å². The fourth-order valence-corrected chi connectivity index (χ4v) is 5.03. The van der Waals surface area contributed by atoms with E-state index in [-0.39, 0.29) is 29.4 Å². The van der Waals surface area contributed by atoms with Crippen molar-refractivity contribution in [2.24, 2.45) is 11.8 Å². The Morgan fingerprint density at radius 2 is 1.32 bits per heavy atom. The minimum atomic E-state index is -4.01. The molecule has 3 saturated heterocycles. The lowest BCUT2D eigenvalue weighted by atomic mass is 9.85. The Hall–Kier alpha value is -2.64. The molecule has 0 amide bonds. The molecule has 3 fully saturated rings. The maximum atomic E-state index is 10.7. The molecular weight excluding hydrogens is 500 g/mol. The van der Waals surface area contributed by atoms with Gasteiger partial charge in [0.1, 0.15) is 25.7 Å². The molecule has 0 aliphatic carbocycles. The van der Waals surface area contributed by atoms with Crippen molar-refractivity contribution in [1.82, 2.24) is 0 Å². The van der Waals surface area contributed by atoms with Gasteiger partial charge < -0.3 is 53.6 Å². The molecule has 0 aromatic heterocycles. The monoisotopic (exact) mass is 540 g/mol. The lowest BCUT2D eigenvalue weighted by Crippen LogP contribution is -2.60. The van der Waals surface area contributed by atoms with Gasteiger partial charge in [0.05, 0.1) is 60.2 Å². The predicted molar refractivity (Wildman–Crippen MR) is 131 cm³/mol. The van der Waals surface area contributed by atoms with E-state index in [4.69, 9.17) is 41.4 Å². The minimum Gasteiger partial charge on any atom is -0.493 e. The molecule has 0 spiro atoms. The van der Waals surface area contributed by atoms with Gasteiger partial charge in [0.15, 0.2) is 23.0 Å². The molecule has 0 radical (unpaired) electrons. The maximum Gasteiger partial charge on any atom is 0.229 e. The van der Waals surface area contributed by atoms with Crippen molar-refractivity contribution in [3.63, 3.8) is 0 Å². The van der Waals surface area contributed by atoms with Crippen LogP contribution in [0.1, 0.15) is 31.6 Å². The first-order chi connectivity index (χ1) is 20.4. The number of methoxy groups -OCH3 is 3. The van der Waals surface area contributed by atoms with E-state index in [0.717, 1.165) is 5.56 Å². The molecule has 38 heavy (non-hydrogen) atoms. The van der Waals surface area contributed by atoms with Crippen LogP contribution in [0.25, 0.3) is 0 Å². The molecule has 208 valence electrons. The zero-order valence-corrected chi connectivity index (χ0v) is 20.9. The first-order valence-corrected chi connectivity index (χ1v) is 11.8. The van der Waals surface area contributed by atoms with Crippen LogP contribution in [0.2, 0.25) is 0 Å². The van der Waals surface area contributed by atoms with Crippen LogP contribution in [0.15, 0.2) is 36.4 Å². The summed E-state index contributed by atoms with van der Waals surface area (Å²) in [5.41, 5.74) is 1.53. The highest BCUT2D eigenvalue weighted by atomic mass is 16.7. The normalized spacial score (nSPS) is 45.0. The van der Waals surface area contributed by atoms with Crippen molar-refractivity contribution >= 4 is 0 Å². The summed E-state index contributed by atoms with van der Waals surface area (Å²) in [6.07, 6.45) is -18.8. The van der Waals surface area contributed by atoms with Crippen LogP contribution in [0.4, 0.5) is 0 Å². The third-order valence-electron chi connectivity index (χ3n) is 6.97. The van der Waals surface area contributed by atoms with Crippen molar-refractivity contribution < 1.29 is 61.8 Å². The molecule has 9 atom stereocenters. The van der Waals surface area contributed by atoms with Gasteiger partial charge in [-0.2, -0.15) is 0 Å². The van der Waals surface area contributed by atoms with Gasteiger partial charge in [0.25, 0.3) is 0 Å². The topological polar surface area (TPSA) is 146 Å². The molecular formula is C27H34O11. The molecule has 0 bridgehead atoms. The van der Waals surface area contributed by atoms with Crippen molar-refractivity contribution in [1.29, 1.82) is 0 Å². The summed E-state index contributed by atoms with van der Waals surface area (Å²) >= 11 is 0. The van der Waals surface area contributed by atoms with Crippen LogP contribution in [-0.4, -0.2) is 92.1 Å². The van der Waals surface area contributed by atoms with E-state index in [2.05, 4.69) is 0 Å². The van der Waals surface area contributed by atoms with E-state index >= 15 is 0 Å². The molecule has 2 aromatic carbocycles. The highest BCUT2D eigenvalue weighted by molar-refractivity contribution is 5.45. The molecule has 4 N–H and O–H groups in total. The summed E-state index contributed by atoms with van der Waals surface area (Å²) in [7, 11) is 4.37. The van der Waals surface area contributed by atoms with E-state index in [9.17, 15) is 20.4 Å². The van der Waals surface area contributed by atoms with E-state index in [1.54, 1.807) is 26.4 Å². The number of hydrogen-bond acceptors (Lipinski definition) is 11. The van der Waals surface area contributed by atoms with Crippen molar-refractivity contribution in [2.75, 3.05) is 41.1 Å². The van der Waals surface area contributed by atoms with Gasteiger partial charge in [-0.25, -0.2) is 0 Å². The summed E-state index contributed by atoms with van der Waals surface area (Å²) in [4.78, 5) is 0. The van der Waals surface area contributed by atoms with Gasteiger partial charge in [0.2, 0.25) is 6.27 Å². The fraction of sp³-hybridized carbons (Fsp3) is 0.556. The second-order valence-electron chi connectivity index (χ2n) is 8.96. The number of rotatable bonds is 8. The first kappa shape index (κ1) is 20.3. The SMILES string of the molecule is [2H]C([2H])(O)C1OC([2H])(Oc2ccc(C3OCC4C(c5ccc(OC)c(OC)c5)OCC34)cc2OC)C([2H])(O)C([2H])(O)C1([2H])O. The smallest absolute Gasteiger partial charge is 0.229 e. The standard InChI is InChI=1S/C27H34O11/c1-32-17-6-4-13(8-19(17)33-2)25-15-11-36-26(16(15)12-35-25)14-5-7-18(20(9-14)34-3)37-27-24(31)23(30)22(29)21(10-28)38-27/h4-9,15-16,21-31H,10-12H2,1-3H3/i10D2,22D,23D,24D,27D. The summed E-state index contributed by atoms with van der Waals surface area (Å²) in [5.74, 6) is 0.688. The Morgan fingerprint density at radius 3 is 1.84 bits per heavy atom. The predicted octanol–water partition coefficient (Wildman–Crippen LogP) is 0.966. The highest BCUT2D eigenvalue weighted by Crippen LogP contribution is 2.51. The van der Waals surface area contributed by atoms with Gasteiger partial charge in [-0.05, 0) is 35.4 Å². The Balaban J connectivity index is 1.40. The Morgan fingerprint density at radius 1 is 0.789 bits per heavy atom. The van der Waals surface area contributed by atoms with E-state index in [0.29, 0.717) is 30.3 Å². The van der Waals surface area contributed by atoms with Gasteiger partial charge >= 0.3 is 0 Å². The molecule has 9 unspecified atom stereocenters. The van der Waals surface area contributed by atoms with Crippen LogP contribution < -0.4 is 18.9 Å². The molecule has 11 nitrogen and oxygen atoms in total. The molecule has 0 saturated carbocycles. The summed E-state index contributed by atoms with van der Waals surface area (Å²) in [5, 5.41) is 41.4. The Bertz CT molecular complexity index is 1390.